The number of nitrogens with one attached hydrogen (secondary N) is 1. The Balaban J connectivity index is 1.74. The van der Waals surface area contributed by atoms with E-state index in [1.54, 1.807) is 36.6 Å². The molecule has 1 aromatic heterocycles. The predicted octanol–water partition coefficient (Wildman–Crippen LogP) is 4.85. The van der Waals surface area contributed by atoms with Gasteiger partial charge in [0.1, 0.15) is 5.57 Å². The fourth-order valence-electron chi connectivity index (χ4n) is 3.92. The Bertz CT molecular complexity index is 1460. The van der Waals surface area contributed by atoms with Crippen molar-refractivity contribution in [1.82, 2.24) is 9.88 Å². The number of carbonyl (C=O) groups is 2. The van der Waals surface area contributed by atoms with Crippen LogP contribution in [0.4, 0.5) is 24.5 Å². The van der Waals surface area contributed by atoms with Crippen LogP contribution in [0, 0.1) is 24.0 Å². The lowest BCUT2D eigenvalue weighted by molar-refractivity contribution is -0.384. The quantitative estimate of drug-likeness (QED) is 0.177. The number of thiocarbonyl (C=S) groups is 1. The van der Waals surface area contributed by atoms with Crippen LogP contribution in [0.3, 0.4) is 0 Å². The van der Waals surface area contributed by atoms with Gasteiger partial charge in [-0.05, 0) is 74.1 Å². The van der Waals surface area contributed by atoms with Gasteiger partial charge in [-0.3, -0.25) is 29.9 Å². The summed E-state index contributed by atoms with van der Waals surface area (Å²) in [6.07, 6.45) is -3.29. The van der Waals surface area contributed by atoms with Gasteiger partial charge in [0.15, 0.2) is 5.11 Å². The lowest BCUT2D eigenvalue weighted by atomic mass is 10.1. The van der Waals surface area contributed by atoms with Crippen molar-refractivity contribution in [2.75, 3.05) is 4.90 Å². The number of aromatic nitrogens is 1. The maximum atomic E-state index is 13.2. The highest BCUT2D eigenvalue weighted by Crippen LogP contribution is 2.33. The number of aryl methyl sites for hydroxylation is 1. The molecule has 0 radical (unpaired) electrons. The fraction of sp³-hybridized carbons (Fsp3) is 0.125. The van der Waals surface area contributed by atoms with Crippen molar-refractivity contribution in [1.29, 1.82) is 0 Å². The summed E-state index contributed by atoms with van der Waals surface area (Å²) in [6, 6.07) is 11.6. The zero-order chi connectivity index (χ0) is 26.4. The van der Waals surface area contributed by atoms with Gasteiger partial charge in [0.05, 0.1) is 16.2 Å². The largest absolute Gasteiger partial charge is 0.416 e. The molecule has 2 amide bonds. The summed E-state index contributed by atoms with van der Waals surface area (Å²) in [6.45, 7) is 3.52. The second-order valence-corrected chi connectivity index (χ2v) is 8.33. The smallest absolute Gasteiger partial charge is 0.318 e. The highest BCUT2D eigenvalue weighted by atomic mass is 32.1. The molecule has 0 saturated carbocycles. The van der Waals surface area contributed by atoms with E-state index in [-0.39, 0.29) is 22.1 Å². The first kappa shape index (κ1) is 24.8. The summed E-state index contributed by atoms with van der Waals surface area (Å²) >= 11 is 5.07. The number of hydrogen-bond donors (Lipinski definition) is 1. The number of hydrogen-bond acceptors (Lipinski definition) is 5. The monoisotopic (exact) mass is 514 g/mol. The Morgan fingerprint density at radius 2 is 1.69 bits per heavy atom. The molecule has 0 bridgehead atoms. The van der Waals surface area contributed by atoms with E-state index in [1.165, 1.54) is 24.3 Å². The van der Waals surface area contributed by atoms with E-state index in [0.29, 0.717) is 16.9 Å². The summed E-state index contributed by atoms with van der Waals surface area (Å²) in [5, 5.41) is 13.0. The number of amides is 2. The van der Waals surface area contributed by atoms with E-state index in [0.717, 1.165) is 28.8 Å². The van der Waals surface area contributed by atoms with Gasteiger partial charge in [-0.2, -0.15) is 13.2 Å². The molecule has 2 heterocycles. The minimum Gasteiger partial charge on any atom is -0.318 e. The molecule has 1 aliphatic heterocycles. The minimum absolute atomic E-state index is 0.0707. The normalized spacial score (nSPS) is 15.4. The molecule has 1 saturated heterocycles. The Morgan fingerprint density at radius 1 is 1.03 bits per heavy atom. The third-order valence-electron chi connectivity index (χ3n) is 5.62. The third kappa shape index (κ3) is 4.50. The topological polar surface area (TPSA) is 97.5 Å². The van der Waals surface area contributed by atoms with E-state index in [4.69, 9.17) is 12.2 Å². The maximum absolute atomic E-state index is 13.2. The Hall–Kier alpha value is -4.32. The summed E-state index contributed by atoms with van der Waals surface area (Å²) in [4.78, 5) is 37.1. The average Bonchev–Trinajstić information content (AvgIpc) is 3.09. The van der Waals surface area contributed by atoms with Crippen LogP contribution in [0.2, 0.25) is 0 Å². The Kier molecular flexibility index (Phi) is 6.23. The van der Waals surface area contributed by atoms with Crippen LogP contribution in [-0.4, -0.2) is 26.4 Å². The molecule has 1 fully saturated rings. The molecule has 0 spiro atoms. The van der Waals surface area contributed by atoms with Crippen molar-refractivity contribution < 1.29 is 27.7 Å². The van der Waals surface area contributed by atoms with Gasteiger partial charge >= 0.3 is 6.18 Å². The summed E-state index contributed by atoms with van der Waals surface area (Å²) in [5.74, 6) is -1.66. The van der Waals surface area contributed by atoms with E-state index in [2.05, 4.69) is 5.32 Å². The van der Waals surface area contributed by atoms with Gasteiger partial charge in [0, 0.05) is 29.2 Å². The van der Waals surface area contributed by atoms with Gasteiger partial charge in [-0.15, -0.1) is 0 Å². The van der Waals surface area contributed by atoms with Crippen LogP contribution < -0.4 is 10.2 Å². The van der Waals surface area contributed by atoms with Crippen molar-refractivity contribution in [3.63, 3.8) is 0 Å². The number of carbonyl (C=O) groups excluding carboxylic acids is 2. The Labute approximate surface area is 207 Å². The molecule has 1 aliphatic rings. The van der Waals surface area contributed by atoms with Gasteiger partial charge in [0.25, 0.3) is 17.5 Å². The average molecular weight is 514 g/mol. The number of alkyl halides is 3. The molecule has 0 unspecified atom stereocenters. The standard InChI is InChI=1S/C24H17F3N4O4S/c1-13-10-15(14(2)29(13)17-6-8-18(9-7-17)31(34)35)11-20-21(32)28-23(36)30(22(20)33)19-5-3-4-16(12-19)24(25,26)27/h3-12H,1-2H3,(H,28,32,36)/b20-11-. The lowest BCUT2D eigenvalue weighted by Crippen LogP contribution is -2.54. The summed E-state index contributed by atoms with van der Waals surface area (Å²) < 4.78 is 41.4. The van der Waals surface area contributed by atoms with Gasteiger partial charge in [-0.25, -0.2) is 0 Å². The SMILES string of the molecule is Cc1cc(/C=C2/C(=O)NC(=S)N(c3cccc(C(F)(F)F)c3)C2=O)c(C)n1-c1ccc([N+](=O)[O-])cc1. The molecule has 0 atom stereocenters. The molecule has 184 valence electrons. The van der Waals surface area contributed by atoms with Crippen molar-refractivity contribution in [2.24, 2.45) is 0 Å². The number of halogens is 3. The first-order chi connectivity index (χ1) is 16.9. The van der Waals surface area contributed by atoms with E-state index in [1.807, 2.05) is 0 Å². The first-order valence-electron chi connectivity index (χ1n) is 10.4. The van der Waals surface area contributed by atoms with E-state index >= 15 is 0 Å². The molecule has 36 heavy (non-hydrogen) atoms. The highest BCUT2D eigenvalue weighted by Gasteiger charge is 2.37. The minimum atomic E-state index is -4.63. The molecule has 1 N–H and O–H groups in total. The molecule has 3 aromatic rings. The molecule has 4 rings (SSSR count). The zero-order valence-corrected chi connectivity index (χ0v) is 19.6. The lowest BCUT2D eigenvalue weighted by Gasteiger charge is -2.29. The number of non-ortho nitro benzene ring substituents is 1. The third-order valence-corrected chi connectivity index (χ3v) is 5.91. The zero-order valence-electron chi connectivity index (χ0n) is 18.8. The summed E-state index contributed by atoms with van der Waals surface area (Å²) in [5.41, 5.74) is 0.998. The van der Waals surface area contributed by atoms with Crippen molar-refractivity contribution >= 4 is 46.6 Å². The van der Waals surface area contributed by atoms with Crippen LogP contribution in [0.25, 0.3) is 11.8 Å². The highest BCUT2D eigenvalue weighted by molar-refractivity contribution is 7.80. The molecule has 8 nitrogen and oxygen atoms in total. The number of nitro benzene ring substituents is 1. The van der Waals surface area contributed by atoms with Crippen LogP contribution in [0.1, 0.15) is 22.5 Å². The second kappa shape index (κ2) is 9.04. The van der Waals surface area contributed by atoms with E-state index < -0.39 is 28.5 Å². The van der Waals surface area contributed by atoms with Crippen LogP contribution in [0.15, 0.2) is 60.2 Å². The van der Waals surface area contributed by atoms with Crippen LogP contribution in [-0.2, 0) is 15.8 Å². The summed E-state index contributed by atoms with van der Waals surface area (Å²) in [7, 11) is 0. The van der Waals surface area contributed by atoms with E-state index in [9.17, 15) is 32.9 Å². The number of nitro groups is 1. The maximum Gasteiger partial charge on any atom is 0.416 e. The van der Waals surface area contributed by atoms with Crippen molar-refractivity contribution in [3.05, 3.63) is 92.8 Å². The molecule has 2 aromatic carbocycles. The van der Waals surface area contributed by atoms with Gasteiger partial charge in [-0.1, -0.05) is 6.07 Å². The number of benzene rings is 2. The van der Waals surface area contributed by atoms with Crippen molar-refractivity contribution in [3.8, 4) is 5.69 Å². The van der Waals surface area contributed by atoms with Crippen molar-refractivity contribution in [2.45, 2.75) is 20.0 Å². The first-order valence-corrected chi connectivity index (χ1v) is 10.8. The second-order valence-electron chi connectivity index (χ2n) is 7.94. The van der Waals surface area contributed by atoms with Gasteiger partial charge in [0.2, 0.25) is 0 Å². The van der Waals surface area contributed by atoms with Crippen LogP contribution >= 0.6 is 12.2 Å². The predicted molar refractivity (Wildman–Crippen MR) is 130 cm³/mol. The Morgan fingerprint density at radius 3 is 2.31 bits per heavy atom. The molecule has 0 aliphatic carbocycles. The van der Waals surface area contributed by atoms with Gasteiger partial charge < -0.3 is 4.57 Å². The molecular formula is C24H17F3N4O4S. The number of nitrogens with zero attached hydrogens (tertiary/aromatic N) is 3. The number of rotatable bonds is 4. The molecule has 12 heteroatoms. The van der Waals surface area contributed by atoms with Crippen LogP contribution in [0.5, 0.6) is 0 Å². The molecular weight excluding hydrogens is 497 g/mol. The number of anilines is 1. The fourth-order valence-corrected chi connectivity index (χ4v) is 4.20.